The standard InChI is InChI=1S/C7H10N4OS/c1-5-3-6(13-11-5)4-9-10-7(12)8-2/h3-4H,1-2H3,(H2,8,10,12)/b9-4+. The first kappa shape index (κ1) is 9.66. The van der Waals surface area contributed by atoms with Gasteiger partial charge in [0.2, 0.25) is 0 Å². The quantitative estimate of drug-likeness (QED) is 0.543. The molecular formula is C7H10N4OS. The fourth-order valence-corrected chi connectivity index (χ4v) is 1.28. The lowest BCUT2D eigenvalue weighted by molar-refractivity contribution is 0.243. The van der Waals surface area contributed by atoms with Gasteiger partial charge in [0.25, 0.3) is 0 Å². The van der Waals surface area contributed by atoms with Gasteiger partial charge in [0.15, 0.2) is 0 Å². The van der Waals surface area contributed by atoms with Gasteiger partial charge in [-0.3, -0.25) is 0 Å². The Labute approximate surface area is 80.0 Å². The first-order chi connectivity index (χ1) is 6.22. The van der Waals surface area contributed by atoms with Crippen LogP contribution < -0.4 is 10.7 Å². The van der Waals surface area contributed by atoms with Crippen molar-refractivity contribution in [2.75, 3.05) is 7.05 Å². The molecule has 70 valence electrons. The average Bonchev–Trinajstić information content (AvgIpc) is 2.51. The number of amides is 2. The Morgan fingerprint density at radius 1 is 1.77 bits per heavy atom. The van der Waals surface area contributed by atoms with Crippen molar-refractivity contribution in [2.45, 2.75) is 6.92 Å². The molecule has 2 amide bonds. The van der Waals surface area contributed by atoms with E-state index in [9.17, 15) is 4.79 Å². The van der Waals surface area contributed by atoms with Gasteiger partial charge in [-0.2, -0.15) is 9.47 Å². The van der Waals surface area contributed by atoms with Crippen molar-refractivity contribution in [2.24, 2.45) is 5.10 Å². The smallest absolute Gasteiger partial charge is 0.334 e. The highest BCUT2D eigenvalue weighted by molar-refractivity contribution is 7.07. The lowest BCUT2D eigenvalue weighted by atomic mass is 10.4. The lowest BCUT2D eigenvalue weighted by Gasteiger charge is -1.93. The van der Waals surface area contributed by atoms with Crippen LogP contribution in [0.25, 0.3) is 0 Å². The number of carbonyl (C=O) groups excluding carboxylic acids is 1. The SMILES string of the molecule is CNC(=O)N/N=C/c1cc(C)ns1. The van der Waals surface area contributed by atoms with Crippen molar-refractivity contribution >= 4 is 23.8 Å². The van der Waals surface area contributed by atoms with Crippen molar-refractivity contribution < 1.29 is 4.79 Å². The molecule has 1 rings (SSSR count). The van der Waals surface area contributed by atoms with Gasteiger partial charge >= 0.3 is 6.03 Å². The predicted molar refractivity (Wildman–Crippen MR) is 52.0 cm³/mol. The minimum Gasteiger partial charge on any atom is -0.340 e. The molecule has 1 aromatic rings. The minimum atomic E-state index is -0.336. The molecule has 1 heterocycles. The van der Waals surface area contributed by atoms with E-state index in [0.29, 0.717) is 0 Å². The molecule has 0 saturated carbocycles. The predicted octanol–water partition coefficient (Wildman–Crippen LogP) is 0.714. The van der Waals surface area contributed by atoms with E-state index in [1.54, 1.807) is 6.21 Å². The van der Waals surface area contributed by atoms with Crippen molar-refractivity contribution in [1.29, 1.82) is 0 Å². The molecule has 0 spiro atoms. The van der Waals surface area contributed by atoms with Crippen LogP contribution in [0.5, 0.6) is 0 Å². The summed E-state index contributed by atoms with van der Waals surface area (Å²) in [6.45, 7) is 1.90. The number of aromatic nitrogens is 1. The van der Waals surface area contributed by atoms with Crippen LogP contribution in [-0.4, -0.2) is 23.7 Å². The molecule has 0 aliphatic carbocycles. The Balaban J connectivity index is 2.45. The summed E-state index contributed by atoms with van der Waals surface area (Å²) in [7, 11) is 1.53. The van der Waals surface area contributed by atoms with Crippen LogP contribution in [0, 0.1) is 6.92 Å². The highest BCUT2D eigenvalue weighted by Crippen LogP contribution is 2.05. The molecule has 1 aromatic heterocycles. The van der Waals surface area contributed by atoms with Gasteiger partial charge < -0.3 is 5.32 Å². The molecule has 0 aromatic carbocycles. The third-order valence-corrected chi connectivity index (χ3v) is 2.04. The first-order valence-corrected chi connectivity index (χ1v) is 4.44. The molecule has 0 saturated heterocycles. The van der Waals surface area contributed by atoms with E-state index in [1.807, 2.05) is 13.0 Å². The molecule has 0 unspecified atom stereocenters. The van der Waals surface area contributed by atoms with E-state index >= 15 is 0 Å². The molecule has 0 aliphatic rings. The number of urea groups is 1. The Morgan fingerprint density at radius 2 is 2.54 bits per heavy atom. The Hall–Kier alpha value is -1.43. The molecule has 0 aliphatic heterocycles. The normalized spacial score (nSPS) is 10.3. The highest BCUT2D eigenvalue weighted by Gasteiger charge is 1.94. The fourth-order valence-electron chi connectivity index (χ4n) is 0.655. The number of hydrazone groups is 1. The zero-order chi connectivity index (χ0) is 9.68. The Kier molecular flexibility index (Phi) is 3.39. The second kappa shape index (κ2) is 4.56. The molecule has 5 nitrogen and oxygen atoms in total. The number of aryl methyl sites for hydroxylation is 1. The Morgan fingerprint density at radius 3 is 3.08 bits per heavy atom. The van der Waals surface area contributed by atoms with Crippen LogP contribution in [0.4, 0.5) is 4.79 Å². The van der Waals surface area contributed by atoms with Crippen molar-refractivity contribution in [1.82, 2.24) is 15.1 Å². The number of rotatable bonds is 2. The Bertz CT molecular complexity index is 320. The van der Waals surface area contributed by atoms with Crippen LogP contribution in [0.15, 0.2) is 11.2 Å². The summed E-state index contributed by atoms with van der Waals surface area (Å²) in [5, 5.41) is 6.09. The van der Waals surface area contributed by atoms with Crippen LogP contribution in [0.1, 0.15) is 10.6 Å². The third-order valence-electron chi connectivity index (χ3n) is 1.23. The lowest BCUT2D eigenvalue weighted by Crippen LogP contribution is -2.28. The molecular weight excluding hydrogens is 188 g/mol. The summed E-state index contributed by atoms with van der Waals surface area (Å²) in [6, 6.07) is 1.55. The summed E-state index contributed by atoms with van der Waals surface area (Å²) in [5.74, 6) is 0. The molecule has 6 heteroatoms. The zero-order valence-electron chi connectivity index (χ0n) is 7.37. The average molecular weight is 198 g/mol. The van der Waals surface area contributed by atoms with Crippen molar-refractivity contribution in [3.05, 3.63) is 16.6 Å². The van der Waals surface area contributed by atoms with Crippen LogP contribution in [-0.2, 0) is 0 Å². The van der Waals surface area contributed by atoms with Gasteiger partial charge in [-0.05, 0) is 24.5 Å². The summed E-state index contributed by atoms with van der Waals surface area (Å²) in [6.07, 6.45) is 1.56. The molecule has 0 atom stereocenters. The maximum atomic E-state index is 10.7. The highest BCUT2D eigenvalue weighted by atomic mass is 32.1. The van der Waals surface area contributed by atoms with Crippen LogP contribution in [0.3, 0.4) is 0 Å². The monoisotopic (exact) mass is 198 g/mol. The maximum absolute atomic E-state index is 10.7. The topological polar surface area (TPSA) is 66.4 Å². The van der Waals surface area contributed by atoms with Gasteiger partial charge in [-0.25, -0.2) is 10.2 Å². The maximum Gasteiger partial charge on any atom is 0.334 e. The van der Waals surface area contributed by atoms with E-state index in [0.717, 1.165) is 10.6 Å². The van der Waals surface area contributed by atoms with E-state index < -0.39 is 0 Å². The molecule has 0 fully saturated rings. The summed E-state index contributed by atoms with van der Waals surface area (Å²) in [4.78, 5) is 11.6. The van der Waals surface area contributed by atoms with E-state index in [-0.39, 0.29) is 6.03 Å². The van der Waals surface area contributed by atoms with E-state index in [4.69, 9.17) is 0 Å². The molecule has 2 N–H and O–H groups in total. The van der Waals surface area contributed by atoms with Gasteiger partial charge in [-0.15, -0.1) is 0 Å². The number of nitrogens with zero attached hydrogens (tertiary/aromatic N) is 2. The van der Waals surface area contributed by atoms with Crippen LogP contribution >= 0.6 is 11.5 Å². The number of carbonyl (C=O) groups is 1. The number of nitrogens with one attached hydrogen (secondary N) is 2. The number of hydrogen-bond acceptors (Lipinski definition) is 4. The summed E-state index contributed by atoms with van der Waals surface area (Å²) in [5.41, 5.74) is 3.24. The van der Waals surface area contributed by atoms with Gasteiger partial charge in [0, 0.05) is 7.05 Å². The summed E-state index contributed by atoms with van der Waals surface area (Å²) < 4.78 is 4.06. The van der Waals surface area contributed by atoms with Crippen molar-refractivity contribution in [3.63, 3.8) is 0 Å². The second-order valence-corrected chi connectivity index (χ2v) is 3.16. The minimum absolute atomic E-state index is 0.336. The number of hydrogen-bond donors (Lipinski definition) is 2. The third kappa shape index (κ3) is 3.20. The van der Waals surface area contributed by atoms with Gasteiger partial charge in [0.05, 0.1) is 16.8 Å². The van der Waals surface area contributed by atoms with Gasteiger partial charge in [0.1, 0.15) is 0 Å². The van der Waals surface area contributed by atoms with Crippen LogP contribution in [0.2, 0.25) is 0 Å². The summed E-state index contributed by atoms with van der Waals surface area (Å²) >= 11 is 1.34. The largest absolute Gasteiger partial charge is 0.340 e. The fraction of sp³-hybridized carbons (Fsp3) is 0.286. The van der Waals surface area contributed by atoms with E-state index in [2.05, 4.69) is 20.2 Å². The van der Waals surface area contributed by atoms with E-state index in [1.165, 1.54) is 18.6 Å². The van der Waals surface area contributed by atoms with Crippen molar-refractivity contribution in [3.8, 4) is 0 Å². The molecule has 0 bridgehead atoms. The molecule has 0 radical (unpaired) electrons. The van der Waals surface area contributed by atoms with Gasteiger partial charge in [-0.1, -0.05) is 0 Å². The molecule has 13 heavy (non-hydrogen) atoms. The second-order valence-electron chi connectivity index (χ2n) is 2.32. The first-order valence-electron chi connectivity index (χ1n) is 3.66. The zero-order valence-corrected chi connectivity index (χ0v) is 8.18.